The van der Waals surface area contributed by atoms with Crippen LogP contribution in [0.3, 0.4) is 0 Å². The Kier molecular flexibility index (Phi) is 4.68. The first kappa shape index (κ1) is 18.3. The molecule has 0 unspecified atom stereocenters. The van der Waals surface area contributed by atoms with E-state index in [2.05, 4.69) is 5.32 Å². The molecule has 2 aromatic carbocycles. The topological polar surface area (TPSA) is 71.4 Å². The Morgan fingerprint density at radius 1 is 1.04 bits per heavy atom. The molecule has 1 fully saturated rings. The Morgan fingerprint density at radius 2 is 1.75 bits per heavy atom. The molecule has 0 saturated carbocycles. The van der Waals surface area contributed by atoms with Crippen molar-refractivity contribution < 1.29 is 13.2 Å². The van der Waals surface area contributed by atoms with E-state index in [9.17, 15) is 13.2 Å². The summed E-state index contributed by atoms with van der Waals surface area (Å²) in [5.74, 6) is -0.0744. The smallest absolute Gasteiger partial charge is 0.255 e. The maximum Gasteiger partial charge on any atom is 0.255 e. The van der Waals surface area contributed by atoms with E-state index in [1.165, 1.54) is 4.31 Å². The van der Waals surface area contributed by atoms with Crippen LogP contribution in [-0.4, -0.2) is 31.2 Å². The second-order valence-electron chi connectivity index (χ2n) is 6.83. The van der Waals surface area contributed by atoms with Crippen LogP contribution in [0.5, 0.6) is 0 Å². The van der Waals surface area contributed by atoms with Crippen LogP contribution in [0.4, 0.5) is 11.4 Å². The monoisotopic (exact) mass is 395 g/mol. The van der Waals surface area contributed by atoms with E-state index in [-0.39, 0.29) is 11.7 Å². The first-order valence-electron chi connectivity index (χ1n) is 9.10. The fourth-order valence-corrected chi connectivity index (χ4v) is 4.98. The molecule has 0 spiro atoms. The third-order valence-corrected chi connectivity index (χ3v) is 6.72. The molecule has 144 valence electrons. The molecule has 1 amide bonds. The van der Waals surface area contributed by atoms with Crippen LogP contribution >= 0.6 is 0 Å². The van der Waals surface area contributed by atoms with E-state index >= 15 is 0 Å². The number of hydrogen-bond acceptors (Lipinski definition) is 3. The van der Waals surface area contributed by atoms with E-state index < -0.39 is 10.0 Å². The minimum absolute atomic E-state index is 0.163. The van der Waals surface area contributed by atoms with Crippen molar-refractivity contribution in [3.63, 3.8) is 0 Å². The third kappa shape index (κ3) is 3.53. The molecule has 28 heavy (non-hydrogen) atoms. The van der Waals surface area contributed by atoms with Gasteiger partial charge in [0, 0.05) is 35.9 Å². The minimum atomic E-state index is -3.27. The lowest BCUT2D eigenvalue weighted by atomic mass is 10.1. The zero-order valence-corrected chi connectivity index (χ0v) is 16.3. The minimum Gasteiger partial charge on any atom is -0.324 e. The molecular weight excluding hydrogens is 374 g/mol. The quantitative estimate of drug-likeness (QED) is 0.734. The number of nitrogens with zero attached hydrogens (tertiary/aromatic N) is 2. The van der Waals surface area contributed by atoms with Crippen LogP contribution in [0, 0.1) is 6.92 Å². The maximum atomic E-state index is 12.6. The van der Waals surface area contributed by atoms with E-state index in [4.69, 9.17) is 0 Å². The van der Waals surface area contributed by atoms with Crippen molar-refractivity contribution in [1.82, 2.24) is 4.57 Å². The molecule has 3 aromatic rings. The van der Waals surface area contributed by atoms with Crippen LogP contribution in [0.2, 0.25) is 0 Å². The van der Waals surface area contributed by atoms with Gasteiger partial charge in [-0.15, -0.1) is 0 Å². The highest BCUT2D eigenvalue weighted by molar-refractivity contribution is 7.93. The van der Waals surface area contributed by atoms with Gasteiger partial charge in [0.1, 0.15) is 0 Å². The Labute approximate surface area is 164 Å². The van der Waals surface area contributed by atoms with Gasteiger partial charge in [-0.3, -0.25) is 9.10 Å². The van der Waals surface area contributed by atoms with Crippen molar-refractivity contribution in [2.45, 2.75) is 13.3 Å². The number of anilines is 2. The predicted octanol–water partition coefficient (Wildman–Crippen LogP) is 3.58. The van der Waals surface area contributed by atoms with Gasteiger partial charge >= 0.3 is 0 Å². The molecule has 1 aliphatic heterocycles. The number of rotatable bonds is 4. The summed E-state index contributed by atoms with van der Waals surface area (Å²) in [5.41, 5.74) is 3.56. The lowest BCUT2D eigenvalue weighted by Crippen LogP contribution is -2.26. The Hall–Kier alpha value is -3.06. The first-order valence-corrected chi connectivity index (χ1v) is 10.7. The number of sulfonamides is 1. The van der Waals surface area contributed by atoms with Gasteiger partial charge in [0.25, 0.3) is 5.91 Å². The third-order valence-electron chi connectivity index (χ3n) is 4.87. The van der Waals surface area contributed by atoms with E-state index in [0.717, 1.165) is 11.3 Å². The van der Waals surface area contributed by atoms with Crippen LogP contribution in [0.1, 0.15) is 22.3 Å². The van der Waals surface area contributed by atoms with Crippen LogP contribution in [-0.2, 0) is 10.0 Å². The second-order valence-corrected chi connectivity index (χ2v) is 8.85. The largest absolute Gasteiger partial charge is 0.324 e. The van der Waals surface area contributed by atoms with Crippen LogP contribution < -0.4 is 9.62 Å². The van der Waals surface area contributed by atoms with Gasteiger partial charge < -0.3 is 9.88 Å². The highest BCUT2D eigenvalue weighted by Crippen LogP contribution is 2.30. The van der Waals surface area contributed by atoms with Crippen molar-refractivity contribution in [2.24, 2.45) is 0 Å². The lowest BCUT2D eigenvalue weighted by Gasteiger charge is -2.20. The Balaban J connectivity index is 1.54. The zero-order chi connectivity index (χ0) is 19.7. The van der Waals surface area contributed by atoms with Crippen molar-refractivity contribution >= 4 is 27.3 Å². The first-order chi connectivity index (χ1) is 13.4. The SMILES string of the molecule is Cc1ccc(NC(=O)c2ccc(-n3cccc3)cc2)cc1N1CCCS1(=O)=O. The molecule has 6 nitrogen and oxygen atoms in total. The van der Waals surface area contributed by atoms with Gasteiger partial charge in [-0.25, -0.2) is 8.42 Å². The van der Waals surface area contributed by atoms with E-state index in [1.807, 2.05) is 54.2 Å². The fourth-order valence-electron chi connectivity index (χ4n) is 3.36. The van der Waals surface area contributed by atoms with Crippen molar-refractivity contribution in [1.29, 1.82) is 0 Å². The van der Waals surface area contributed by atoms with Gasteiger partial charge in [0.05, 0.1) is 11.4 Å². The Morgan fingerprint density at radius 3 is 2.39 bits per heavy atom. The average molecular weight is 395 g/mol. The molecule has 1 saturated heterocycles. The highest BCUT2D eigenvalue weighted by Gasteiger charge is 2.29. The molecule has 2 heterocycles. The lowest BCUT2D eigenvalue weighted by molar-refractivity contribution is 0.102. The molecule has 7 heteroatoms. The fraction of sp³-hybridized carbons (Fsp3) is 0.190. The zero-order valence-electron chi connectivity index (χ0n) is 15.5. The summed E-state index contributed by atoms with van der Waals surface area (Å²) >= 11 is 0. The number of hydrogen-bond donors (Lipinski definition) is 1. The number of amides is 1. The maximum absolute atomic E-state index is 12.6. The molecular formula is C21H21N3O3S. The van der Waals surface area contributed by atoms with Gasteiger partial charge in [-0.2, -0.15) is 0 Å². The van der Waals surface area contributed by atoms with E-state index in [1.54, 1.807) is 24.3 Å². The van der Waals surface area contributed by atoms with Crippen LogP contribution in [0.15, 0.2) is 67.0 Å². The standard InChI is InChI=1S/C21H21N3O3S/c1-16-5-8-18(15-20(16)24-13-4-14-28(24,26)27)22-21(25)17-6-9-19(10-7-17)23-11-2-3-12-23/h2-3,5-12,15H,4,13-14H2,1H3,(H,22,25). The summed E-state index contributed by atoms with van der Waals surface area (Å²) in [6.45, 7) is 2.34. The highest BCUT2D eigenvalue weighted by atomic mass is 32.2. The average Bonchev–Trinajstić information content (AvgIpc) is 3.33. The molecule has 0 bridgehead atoms. The van der Waals surface area contributed by atoms with Gasteiger partial charge in [-0.1, -0.05) is 6.07 Å². The number of carbonyl (C=O) groups is 1. The summed E-state index contributed by atoms with van der Waals surface area (Å²) in [7, 11) is -3.27. The molecule has 1 aromatic heterocycles. The second kappa shape index (κ2) is 7.16. The molecule has 4 rings (SSSR count). The molecule has 0 atom stereocenters. The van der Waals surface area contributed by atoms with Gasteiger partial charge in [-0.05, 0) is 67.4 Å². The number of aromatic nitrogens is 1. The Bertz CT molecular complexity index is 1100. The summed E-state index contributed by atoms with van der Waals surface area (Å²) in [6, 6.07) is 16.5. The van der Waals surface area contributed by atoms with Crippen molar-refractivity contribution in [2.75, 3.05) is 21.9 Å². The molecule has 0 radical (unpaired) electrons. The molecule has 1 N–H and O–H groups in total. The van der Waals surface area contributed by atoms with E-state index in [0.29, 0.717) is 29.9 Å². The summed E-state index contributed by atoms with van der Waals surface area (Å²) in [4.78, 5) is 12.6. The van der Waals surface area contributed by atoms with Crippen LogP contribution in [0.25, 0.3) is 5.69 Å². The predicted molar refractivity (Wildman–Crippen MR) is 111 cm³/mol. The van der Waals surface area contributed by atoms with Crippen molar-refractivity contribution in [3.05, 3.63) is 78.1 Å². The number of benzene rings is 2. The number of aryl methyl sites for hydroxylation is 1. The number of nitrogens with one attached hydrogen (secondary N) is 1. The molecule has 0 aliphatic carbocycles. The summed E-state index contributed by atoms with van der Waals surface area (Å²) in [5, 5.41) is 2.86. The summed E-state index contributed by atoms with van der Waals surface area (Å²) in [6.07, 6.45) is 4.50. The van der Waals surface area contributed by atoms with Crippen molar-refractivity contribution in [3.8, 4) is 5.69 Å². The van der Waals surface area contributed by atoms with Gasteiger partial charge in [0.2, 0.25) is 10.0 Å². The normalized spacial score (nSPS) is 15.5. The van der Waals surface area contributed by atoms with Gasteiger partial charge in [0.15, 0.2) is 0 Å². The number of carbonyl (C=O) groups excluding carboxylic acids is 1. The molecule has 1 aliphatic rings. The summed E-state index contributed by atoms with van der Waals surface area (Å²) < 4.78 is 27.9.